The molecular weight excluding hydrogens is 339 g/mol. The van der Waals surface area contributed by atoms with Crippen molar-refractivity contribution in [3.8, 4) is 11.5 Å². The number of rotatable bonds is 5. The molecule has 112 valence electrons. The Hall–Kier alpha value is -1.59. The number of methoxy groups -OCH3 is 1. The molecule has 0 radical (unpaired) electrons. The summed E-state index contributed by atoms with van der Waals surface area (Å²) in [6.07, 6.45) is -0.662. The Bertz CT molecular complexity index is 609. The third kappa shape index (κ3) is 4.19. The molecule has 0 spiro atoms. The number of aliphatic hydroxyl groups is 1. The van der Waals surface area contributed by atoms with Gasteiger partial charge in [0.05, 0.1) is 13.2 Å². The lowest BCUT2D eigenvalue weighted by atomic mass is 10.1. The maximum absolute atomic E-state index is 13.3. The van der Waals surface area contributed by atoms with Crippen LogP contribution < -0.4 is 9.47 Å². The standard InChI is InChI=1S/C16H16BrFO3/c1-10(19)15-4-3-14(20-2)8-16(15)21-9-11-5-12(17)7-13(18)6-11/h3-8,10,19H,9H2,1-2H3/t10-/m0/s1. The van der Waals surface area contributed by atoms with Crippen LogP contribution in [0.5, 0.6) is 11.5 Å². The van der Waals surface area contributed by atoms with Crippen LogP contribution >= 0.6 is 15.9 Å². The molecule has 3 nitrogen and oxygen atoms in total. The first-order valence-corrected chi connectivity index (χ1v) is 7.22. The summed E-state index contributed by atoms with van der Waals surface area (Å²) in [6, 6.07) is 9.79. The third-order valence-corrected chi connectivity index (χ3v) is 3.45. The Kier molecular flexibility index (Phi) is 5.20. The molecule has 2 rings (SSSR count). The summed E-state index contributed by atoms with van der Waals surface area (Å²) in [5, 5.41) is 9.77. The summed E-state index contributed by atoms with van der Waals surface area (Å²) in [5.41, 5.74) is 1.35. The molecule has 0 unspecified atom stereocenters. The van der Waals surface area contributed by atoms with Crippen molar-refractivity contribution in [1.29, 1.82) is 0 Å². The number of hydrogen-bond donors (Lipinski definition) is 1. The monoisotopic (exact) mass is 354 g/mol. The molecule has 0 aliphatic heterocycles. The highest BCUT2D eigenvalue weighted by Crippen LogP contribution is 2.30. The van der Waals surface area contributed by atoms with Gasteiger partial charge in [0.15, 0.2) is 0 Å². The van der Waals surface area contributed by atoms with E-state index in [4.69, 9.17) is 9.47 Å². The van der Waals surface area contributed by atoms with Crippen LogP contribution in [0.3, 0.4) is 0 Å². The van der Waals surface area contributed by atoms with Crippen molar-refractivity contribution in [1.82, 2.24) is 0 Å². The van der Waals surface area contributed by atoms with E-state index in [-0.39, 0.29) is 12.4 Å². The van der Waals surface area contributed by atoms with E-state index in [2.05, 4.69) is 15.9 Å². The largest absolute Gasteiger partial charge is 0.497 e. The SMILES string of the molecule is COc1ccc([C@H](C)O)c(OCc2cc(F)cc(Br)c2)c1. The maximum Gasteiger partial charge on any atom is 0.129 e. The molecule has 5 heteroatoms. The van der Waals surface area contributed by atoms with Gasteiger partial charge in [-0.1, -0.05) is 15.9 Å². The summed E-state index contributed by atoms with van der Waals surface area (Å²) >= 11 is 3.24. The molecule has 0 bridgehead atoms. The van der Waals surface area contributed by atoms with Gasteiger partial charge in [-0.15, -0.1) is 0 Å². The van der Waals surface area contributed by atoms with E-state index in [1.807, 2.05) is 0 Å². The van der Waals surface area contributed by atoms with Gasteiger partial charge >= 0.3 is 0 Å². The Morgan fingerprint density at radius 3 is 2.62 bits per heavy atom. The molecule has 0 saturated heterocycles. The fraction of sp³-hybridized carbons (Fsp3) is 0.250. The van der Waals surface area contributed by atoms with E-state index in [1.54, 1.807) is 38.3 Å². The Balaban J connectivity index is 2.21. The number of hydrogen-bond acceptors (Lipinski definition) is 3. The Labute approximate surface area is 131 Å². The highest BCUT2D eigenvalue weighted by Gasteiger charge is 2.11. The normalized spacial score (nSPS) is 12.0. The van der Waals surface area contributed by atoms with Gasteiger partial charge in [-0.05, 0) is 42.8 Å². The fourth-order valence-corrected chi connectivity index (χ4v) is 2.48. The third-order valence-electron chi connectivity index (χ3n) is 2.99. The number of benzene rings is 2. The van der Waals surface area contributed by atoms with Crippen LogP contribution in [0.15, 0.2) is 40.9 Å². The molecule has 0 saturated carbocycles. The summed E-state index contributed by atoms with van der Waals surface area (Å²) in [4.78, 5) is 0. The number of aliphatic hydroxyl groups excluding tert-OH is 1. The molecule has 21 heavy (non-hydrogen) atoms. The summed E-state index contributed by atoms with van der Waals surface area (Å²) in [5.74, 6) is 0.823. The molecule has 0 aromatic heterocycles. The lowest BCUT2D eigenvalue weighted by Gasteiger charge is -2.15. The minimum Gasteiger partial charge on any atom is -0.497 e. The van der Waals surface area contributed by atoms with Crippen molar-refractivity contribution in [2.45, 2.75) is 19.6 Å². The number of halogens is 2. The summed E-state index contributed by atoms with van der Waals surface area (Å²) < 4.78 is 24.8. The van der Waals surface area contributed by atoms with E-state index >= 15 is 0 Å². The van der Waals surface area contributed by atoms with Crippen LogP contribution in [-0.4, -0.2) is 12.2 Å². The Morgan fingerprint density at radius 2 is 2.00 bits per heavy atom. The highest BCUT2D eigenvalue weighted by atomic mass is 79.9. The molecule has 1 N–H and O–H groups in total. The quantitative estimate of drug-likeness (QED) is 0.873. The van der Waals surface area contributed by atoms with Crippen molar-refractivity contribution in [2.24, 2.45) is 0 Å². The molecule has 2 aromatic carbocycles. The van der Waals surface area contributed by atoms with Crippen LogP contribution in [0.2, 0.25) is 0 Å². The van der Waals surface area contributed by atoms with Crippen molar-refractivity contribution >= 4 is 15.9 Å². The van der Waals surface area contributed by atoms with E-state index in [1.165, 1.54) is 12.1 Å². The van der Waals surface area contributed by atoms with Crippen LogP contribution in [0, 0.1) is 5.82 Å². The van der Waals surface area contributed by atoms with Crippen LogP contribution in [0.4, 0.5) is 4.39 Å². The maximum atomic E-state index is 13.3. The summed E-state index contributed by atoms with van der Waals surface area (Å²) in [6.45, 7) is 1.86. The summed E-state index contributed by atoms with van der Waals surface area (Å²) in [7, 11) is 1.56. The molecule has 0 heterocycles. The molecular formula is C16H16BrFO3. The van der Waals surface area contributed by atoms with Gasteiger partial charge in [0, 0.05) is 16.1 Å². The van der Waals surface area contributed by atoms with Gasteiger partial charge in [-0.2, -0.15) is 0 Å². The molecule has 0 amide bonds. The molecule has 0 fully saturated rings. The fourth-order valence-electron chi connectivity index (χ4n) is 1.97. The van der Waals surface area contributed by atoms with Crippen LogP contribution in [0.1, 0.15) is 24.2 Å². The minimum atomic E-state index is -0.662. The second-order valence-corrected chi connectivity index (χ2v) is 5.56. The number of ether oxygens (including phenoxy) is 2. The average Bonchev–Trinajstić information content (AvgIpc) is 2.43. The molecule has 0 aliphatic carbocycles. The van der Waals surface area contributed by atoms with Gasteiger partial charge in [-0.3, -0.25) is 0 Å². The molecule has 1 atom stereocenters. The van der Waals surface area contributed by atoms with Crippen molar-refractivity contribution < 1.29 is 19.0 Å². The minimum absolute atomic E-state index is 0.198. The second kappa shape index (κ2) is 6.91. The van der Waals surface area contributed by atoms with Gasteiger partial charge < -0.3 is 14.6 Å². The Morgan fingerprint density at radius 1 is 1.24 bits per heavy atom. The van der Waals surface area contributed by atoms with E-state index in [0.717, 1.165) is 0 Å². The van der Waals surface area contributed by atoms with Gasteiger partial charge in [0.1, 0.15) is 23.9 Å². The van der Waals surface area contributed by atoms with Crippen LogP contribution in [-0.2, 0) is 6.61 Å². The first-order chi connectivity index (χ1) is 9.99. The highest BCUT2D eigenvalue weighted by molar-refractivity contribution is 9.10. The van der Waals surface area contributed by atoms with Crippen molar-refractivity contribution in [3.05, 3.63) is 57.8 Å². The lowest BCUT2D eigenvalue weighted by Crippen LogP contribution is -2.02. The predicted molar refractivity (Wildman–Crippen MR) is 82.1 cm³/mol. The van der Waals surface area contributed by atoms with Crippen molar-refractivity contribution in [2.75, 3.05) is 7.11 Å². The van der Waals surface area contributed by atoms with Gasteiger partial charge in [-0.25, -0.2) is 4.39 Å². The lowest BCUT2D eigenvalue weighted by molar-refractivity contribution is 0.190. The topological polar surface area (TPSA) is 38.7 Å². The molecule has 0 aliphatic rings. The van der Waals surface area contributed by atoms with E-state index in [0.29, 0.717) is 27.1 Å². The van der Waals surface area contributed by atoms with Crippen LogP contribution in [0.25, 0.3) is 0 Å². The van der Waals surface area contributed by atoms with Gasteiger partial charge in [0.25, 0.3) is 0 Å². The zero-order chi connectivity index (χ0) is 15.4. The first kappa shape index (κ1) is 15.8. The second-order valence-electron chi connectivity index (χ2n) is 4.65. The van der Waals surface area contributed by atoms with Gasteiger partial charge in [0.2, 0.25) is 0 Å². The van der Waals surface area contributed by atoms with Crippen molar-refractivity contribution in [3.63, 3.8) is 0 Å². The smallest absolute Gasteiger partial charge is 0.129 e. The first-order valence-electron chi connectivity index (χ1n) is 6.43. The predicted octanol–water partition coefficient (Wildman–Crippen LogP) is 4.23. The average molecular weight is 355 g/mol. The van der Waals surface area contributed by atoms with E-state index in [9.17, 15) is 9.50 Å². The molecule has 2 aromatic rings. The zero-order valence-electron chi connectivity index (χ0n) is 11.8. The zero-order valence-corrected chi connectivity index (χ0v) is 13.4. The van der Waals surface area contributed by atoms with E-state index < -0.39 is 6.10 Å².